The molecule has 1 aromatic rings. The molecular weight excluding hydrogens is 254 g/mol. The van der Waals surface area contributed by atoms with Gasteiger partial charge < -0.3 is 4.90 Å². The maximum absolute atomic E-state index is 9.45. The van der Waals surface area contributed by atoms with Crippen LogP contribution in [0.5, 0.6) is 0 Å². The van der Waals surface area contributed by atoms with E-state index in [1.165, 1.54) is 12.8 Å². The summed E-state index contributed by atoms with van der Waals surface area (Å²) in [5.74, 6) is 0.958. The third-order valence-corrected chi connectivity index (χ3v) is 4.12. The molecule has 19 heavy (non-hydrogen) atoms. The molecule has 0 saturated heterocycles. The van der Waals surface area contributed by atoms with Gasteiger partial charge in [-0.1, -0.05) is 13.0 Å². The van der Waals surface area contributed by atoms with Gasteiger partial charge in [0.05, 0.1) is 23.7 Å². The smallest absolute Gasteiger partial charge is 0.103 e. The van der Waals surface area contributed by atoms with E-state index in [-0.39, 0.29) is 0 Å². The van der Waals surface area contributed by atoms with Gasteiger partial charge in [0, 0.05) is 17.5 Å². The number of hydrogen-bond donors (Lipinski definition) is 0. The second kappa shape index (κ2) is 6.50. The molecule has 0 aliphatic heterocycles. The summed E-state index contributed by atoms with van der Waals surface area (Å²) in [4.78, 5) is 3.28. The fourth-order valence-electron chi connectivity index (χ4n) is 2.20. The van der Waals surface area contributed by atoms with Gasteiger partial charge >= 0.3 is 0 Å². The average molecular weight is 271 g/mol. The zero-order chi connectivity index (χ0) is 13.7. The van der Waals surface area contributed by atoms with Gasteiger partial charge in [-0.15, -0.1) is 11.8 Å². The third-order valence-electron chi connectivity index (χ3n) is 3.18. The predicted molar refractivity (Wildman–Crippen MR) is 78.2 cm³/mol. The molecule has 1 aromatic carbocycles. The first-order valence-corrected chi connectivity index (χ1v) is 7.59. The van der Waals surface area contributed by atoms with Crippen LogP contribution in [-0.2, 0) is 0 Å². The van der Waals surface area contributed by atoms with E-state index in [0.29, 0.717) is 12.5 Å². The average Bonchev–Trinajstić information content (AvgIpc) is 3.24. The molecular formula is C15H17N3S. The summed E-state index contributed by atoms with van der Waals surface area (Å²) in [5, 5.41) is 18.2. The van der Waals surface area contributed by atoms with E-state index < -0.39 is 0 Å². The monoisotopic (exact) mass is 271 g/mol. The Kier molecular flexibility index (Phi) is 4.71. The molecule has 1 aliphatic carbocycles. The molecule has 1 aliphatic rings. The van der Waals surface area contributed by atoms with Crippen molar-refractivity contribution in [3.05, 3.63) is 23.8 Å². The lowest BCUT2D eigenvalue weighted by Gasteiger charge is -2.25. The minimum Gasteiger partial charge on any atom is -0.366 e. The zero-order valence-electron chi connectivity index (χ0n) is 11.1. The van der Waals surface area contributed by atoms with Crippen LogP contribution in [0.3, 0.4) is 0 Å². The van der Waals surface area contributed by atoms with Crippen LogP contribution in [0.25, 0.3) is 0 Å². The lowest BCUT2D eigenvalue weighted by Crippen LogP contribution is -2.27. The van der Waals surface area contributed by atoms with Crippen molar-refractivity contribution in [3.63, 3.8) is 0 Å². The molecule has 0 bridgehead atoms. The highest BCUT2D eigenvalue weighted by molar-refractivity contribution is 7.99. The van der Waals surface area contributed by atoms with Gasteiger partial charge in [0.15, 0.2) is 0 Å². The van der Waals surface area contributed by atoms with Crippen molar-refractivity contribution in [2.75, 3.05) is 17.2 Å². The highest BCUT2D eigenvalue weighted by atomic mass is 32.2. The van der Waals surface area contributed by atoms with Crippen molar-refractivity contribution in [1.29, 1.82) is 10.5 Å². The summed E-state index contributed by atoms with van der Waals surface area (Å²) in [6.07, 6.45) is 2.84. The SMILES string of the molecule is CCSc1cccc(N(CCC#N)C2CC2)c1C#N. The minimum absolute atomic E-state index is 0.506. The van der Waals surface area contributed by atoms with Crippen LogP contribution in [0.2, 0.25) is 0 Å². The van der Waals surface area contributed by atoms with Crippen LogP contribution in [0, 0.1) is 22.7 Å². The molecule has 0 aromatic heterocycles. The Morgan fingerprint density at radius 2 is 2.16 bits per heavy atom. The Bertz CT molecular complexity index is 523. The molecule has 0 atom stereocenters. The molecule has 2 rings (SSSR count). The summed E-state index contributed by atoms with van der Waals surface area (Å²) in [6.45, 7) is 2.81. The molecule has 1 fully saturated rings. The molecule has 4 heteroatoms. The number of nitrogens with zero attached hydrogens (tertiary/aromatic N) is 3. The van der Waals surface area contributed by atoms with Crippen LogP contribution in [0.4, 0.5) is 5.69 Å². The maximum atomic E-state index is 9.45. The molecule has 0 radical (unpaired) electrons. The van der Waals surface area contributed by atoms with Gasteiger partial charge in [-0.3, -0.25) is 0 Å². The fourth-order valence-corrected chi connectivity index (χ4v) is 2.98. The Morgan fingerprint density at radius 3 is 2.74 bits per heavy atom. The summed E-state index contributed by atoms with van der Waals surface area (Å²) in [6, 6.07) is 11.1. The second-order valence-electron chi connectivity index (χ2n) is 4.53. The topological polar surface area (TPSA) is 50.8 Å². The number of rotatable bonds is 6. The van der Waals surface area contributed by atoms with Crippen LogP contribution >= 0.6 is 11.8 Å². The summed E-state index contributed by atoms with van der Waals surface area (Å²) in [7, 11) is 0. The van der Waals surface area contributed by atoms with Gasteiger partial charge in [-0.25, -0.2) is 0 Å². The molecule has 98 valence electrons. The molecule has 0 spiro atoms. The number of nitriles is 2. The Hall–Kier alpha value is -1.65. The number of hydrogen-bond acceptors (Lipinski definition) is 4. The van der Waals surface area contributed by atoms with E-state index in [1.54, 1.807) is 11.8 Å². The van der Waals surface area contributed by atoms with Crippen molar-refractivity contribution in [3.8, 4) is 12.1 Å². The van der Waals surface area contributed by atoms with Crippen molar-refractivity contribution in [2.24, 2.45) is 0 Å². The predicted octanol–water partition coefficient (Wildman–Crippen LogP) is 3.55. The highest BCUT2D eigenvalue weighted by Gasteiger charge is 2.30. The van der Waals surface area contributed by atoms with E-state index >= 15 is 0 Å². The second-order valence-corrected chi connectivity index (χ2v) is 5.83. The molecule has 0 unspecified atom stereocenters. The van der Waals surface area contributed by atoms with E-state index in [9.17, 15) is 5.26 Å². The number of anilines is 1. The summed E-state index contributed by atoms with van der Waals surface area (Å²) >= 11 is 1.70. The van der Waals surface area contributed by atoms with Crippen LogP contribution in [0.15, 0.2) is 23.1 Å². The van der Waals surface area contributed by atoms with Crippen molar-refractivity contribution < 1.29 is 0 Å². The Balaban J connectivity index is 2.33. The first-order chi connectivity index (χ1) is 9.31. The Morgan fingerprint density at radius 1 is 1.37 bits per heavy atom. The Labute approximate surface area is 118 Å². The van der Waals surface area contributed by atoms with Crippen molar-refractivity contribution in [1.82, 2.24) is 0 Å². The lowest BCUT2D eigenvalue weighted by molar-refractivity contribution is 0.790. The minimum atomic E-state index is 0.506. The van der Waals surface area contributed by atoms with Gasteiger partial charge in [0.25, 0.3) is 0 Å². The molecule has 3 nitrogen and oxygen atoms in total. The van der Waals surface area contributed by atoms with Crippen molar-refractivity contribution in [2.45, 2.75) is 37.1 Å². The van der Waals surface area contributed by atoms with Crippen LogP contribution in [0.1, 0.15) is 31.7 Å². The number of benzene rings is 1. The van der Waals surface area contributed by atoms with Gasteiger partial charge in [0.1, 0.15) is 6.07 Å². The zero-order valence-corrected chi connectivity index (χ0v) is 11.9. The van der Waals surface area contributed by atoms with Gasteiger partial charge in [-0.05, 0) is 30.7 Å². The van der Waals surface area contributed by atoms with Gasteiger partial charge in [-0.2, -0.15) is 10.5 Å². The largest absolute Gasteiger partial charge is 0.366 e. The fraction of sp³-hybridized carbons (Fsp3) is 0.467. The molecule has 0 heterocycles. The van der Waals surface area contributed by atoms with Gasteiger partial charge in [0.2, 0.25) is 0 Å². The first-order valence-electron chi connectivity index (χ1n) is 6.61. The van der Waals surface area contributed by atoms with Crippen molar-refractivity contribution >= 4 is 17.4 Å². The maximum Gasteiger partial charge on any atom is 0.103 e. The van der Waals surface area contributed by atoms with Crippen LogP contribution < -0.4 is 4.90 Å². The standard InChI is InChI=1S/C15H17N3S/c1-2-19-15-6-3-5-14(13(15)11-17)18(10-4-9-16)12-7-8-12/h3,5-6,12H,2,4,7-8,10H2,1H3. The number of thioether (sulfide) groups is 1. The summed E-state index contributed by atoms with van der Waals surface area (Å²) < 4.78 is 0. The van der Waals surface area contributed by atoms with E-state index in [1.807, 2.05) is 18.2 Å². The molecule has 1 saturated carbocycles. The van der Waals surface area contributed by atoms with E-state index in [4.69, 9.17) is 5.26 Å². The highest BCUT2D eigenvalue weighted by Crippen LogP contribution is 2.36. The third kappa shape index (κ3) is 3.22. The normalized spacial score (nSPS) is 13.6. The molecule has 0 amide bonds. The quantitative estimate of drug-likeness (QED) is 0.742. The first kappa shape index (κ1) is 13.8. The molecule has 0 N–H and O–H groups in total. The van der Waals surface area contributed by atoms with Crippen LogP contribution in [-0.4, -0.2) is 18.3 Å². The summed E-state index contributed by atoms with van der Waals surface area (Å²) in [5.41, 5.74) is 1.76. The van der Waals surface area contributed by atoms with E-state index in [2.05, 4.69) is 24.0 Å². The van der Waals surface area contributed by atoms with E-state index in [0.717, 1.165) is 28.4 Å². The lowest BCUT2D eigenvalue weighted by atomic mass is 10.1.